The van der Waals surface area contributed by atoms with Crippen LogP contribution in [0.15, 0.2) is 18.3 Å². The summed E-state index contributed by atoms with van der Waals surface area (Å²) in [7, 11) is 0. The highest BCUT2D eigenvalue weighted by atomic mass is 35.5. The van der Waals surface area contributed by atoms with E-state index in [0.717, 1.165) is 50.3 Å². The number of halogens is 1. The fraction of sp³-hybridized carbons (Fsp3) is 0.667. The predicted molar refractivity (Wildman–Crippen MR) is 126 cm³/mol. The molecule has 3 heterocycles. The van der Waals surface area contributed by atoms with Crippen molar-refractivity contribution in [3.63, 3.8) is 0 Å². The van der Waals surface area contributed by atoms with E-state index in [1.807, 2.05) is 6.07 Å². The van der Waals surface area contributed by atoms with Gasteiger partial charge < -0.3 is 15.0 Å². The average Bonchev–Trinajstić information content (AvgIpc) is 3.26. The minimum atomic E-state index is -0.364. The minimum Gasteiger partial charge on any atom is -0.365 e. The number of likely N-dealkylation sites (tertiary alicyclic amines) is 1. The number of pyridine rings is 1. The molecule has 7 nitrogen and oxygen atoms in total. The molecule has 0 spiro atoms. The number of amides is 1. The zero-order chi connectivity index (χ0) is 22.2. The quantitative estimate of drug-likeness (QED) is 0.441. The lowest BCUT2D eigenvalue weighted by Crippen LogP contribution is -2.32. The van der Waals surface area contributed by atoms with Crippen LogP contribution in [0.2, 0.25) is 5.02 Å². The Hall–Kier alpha value is -1.67. The fourth-order valence-corrected chi connectivity index (χ4v) is 5.06. The number of hydrogen-bond donors (Lipinski definition) is 2. The largest absolute Gasteiger partial charge is 0.365 e. The molecule has 0 radical (unpaired) electrons. The van der Waals surface area contributed by atoms with Gasteiger partial charge in [0.2, 0.25) is 0 Å². The first-order valence-corrected chi connectivity index (χ1v) is 12.4. The molecule has 0 aromatic carbocycles. The molecule has 2 atom stereocenters. The first-order valence-electron chi connectivity index (χ1n) is 12.1. The van der Waals surface area contributed by atoms with Crippen molar-refractivity contribution in [2.45, 2.75) is 70.1 Å². The van der Waals surface area contributed by atoms with Crippen molar-refractivity contribution in [3.8, 4) is 0 Å². The molecule has 3 fully saturated rings. The van der Waals surface area contributed by atoms with E-state index in [-0.39, 0.29) is 12.2 Å². The molecule has 0 bridgehead atoms. The van der Waals surface area contributed by atoms with Crippen LogP contribution in [0.3, 0.4) is 0 Å². The first-order chi connectivity index (χ1) is 15.7. The molecule has 3 aliphatic rings. The molecular formula is C24H35ClN4O3. The van der Waals surface area contributed by atoms with Crippen LogP contribution in [0.25, 0.3) is 6.08 Å². The van der Waals surface area contributed by atoms with Gasteiger partial charge >= 0.3 is 0 Å². The van der Waals surface area contributed by atoms with Crippen LogP contribution in [0.4, 0.5) is 5.82 Å². The Morgan fingerprint density at radius 1 is 1.22 bits per heavy atom. The van der Waals surface area contributed by atoms with Gasteiger partial charge in [0.05, 0.1) is 5.02 Å². The summed E-state index contributed by atoms with van der Waals surface area (Å²) in [4.78, 5) is 24.3. The fourth-order valence-electron chi connectivity index (χ4n) is 4.83. The van der Waals surface area contributed by atoms with E-state index < -0.39 is 0 Å². The van der Waals surface area contributed by atoms with Gasteiger partial charge in [0.1, 0.15) is 5.82 Å². The number of anilines is 1. The molecule has 1 aliphatic carbocycles. The highest BCUT2D eigenvalue weighted by Crippen LogP contribution is 2.27. The summed E-state index contributed by atoms with van der Waals surface area (Å²) in [5.74, 6) is 1.23. The molecule has 1 unspecified atom stereocenters. The van der Waals surface area contributed by atoms with E-state index in [1.165, 1.54) is 44.7 Å². The summed E-state index contributed by atoms with van der Waals surface area (Å²) in [5, 5.41) is 4.06. The normalized spacial score (nSPS) is 25.3. The third kappa shape index (κ3) is 7.17. The maximum absolute atomic E-state index is 12.0. The summed E-state index contributed by atoms with van der Waals surface area (Å²) in [6.45, 7) is 4.07. The van der Waals surface area contributed by atoms with Crippen LogP contribution in [0.1, 0.15) is 63.4 Å². The van der Waals surface area contributed by atoms with Crippen LogP contribution in [0, 0.1) is 5.92 Å². The van der Waals surface area contributed by atoms with Crippen LogP contribution < -0.4 is 10.8 Å². The topological polar surface area (TPSA) is 75.7 Å². The number of hydroxylamine groups is 1. The molecule has 32 heavy (non-hydrogen) atoms. The molecule has 8 heteroatoms. The molecule has 2 N–H and O–H groups in total. The second-order valence-corrected chi connectivity index (χ2v) is 9.61. The SMILES string of the molecule is O=C(C=Cc1cnc(N[C@@H]2CCN(CC3CCCCC3)C2)c(Cl)c1)NOC1CCCCO1. The molecule has 1 amide bonds. The van der Waals surface area contributed by atoms with Crippen LogP contribution in [-0.2, 0) is 14.4 Å². The van der Waals surface area contributed by atoms with Gasteiger partial charge in [-0.2, -0.15) is 0 Å². The maximum atomic E-state index is 12.0. The standard InChI is InChI=1S/C24H35ClN4O3/c25-21-14-19(9-10-22(30)28-32-23-8-4-5-13-31-23)15-26-24(21)27-20-11-12-29(17-20)16-18-6-2-1-3-7-18/h9-10,14-15,18,20,23H,1-8,11-13,16-17H2,(H,26,27)(H,28,30)/t20-,23?/m1/s1. The number of carbonyl (C=O) groups excluding carboxylic acids is 1. The Morgan fingerprint density at radius 3 is 2.84 bits per heavy atom. The van der Waals surface area contributed by atoms with E-state index in [9.17, 15) is 4.79 Å². The van der Waals surface area contributed by atoms with Gasteiger partial charge in [-0.15, -0.1) is 0 Å². The summed E-state index contributed by atoms with van der Waals surface area (Å²) in [6.07, 6.45) is 15.4. The lowest BCUT2D eigenvalue weighted by molar-refractivity contribution is -0.198. The molecule has 1 saturated carbocycles. The zero-order valence-corrected chi connectivity index (χ0v) is 19.5. The molecule has 2 aliphatic heterocycles. The van der Waals surface area contributed by atoms with E-state index >= 15 is 0 Å². The van der Waals surface area contributed by atoms with Gasteiger partial charge in [0.15, 0.2) is 6.29 Å². The van der Waals surface area contributed by atoms with Gasteiger partial charge in [0, 0.05) is 51.0 Å². The highest BCUT2D eigenvalue weighted by Gasteiger charge is 2.26. The number of aromatic nitrogens is 1. The van der Waals surface area contributed by atoms with Crippen molar-refractivity contribution >= 4 is 29.4 Å². The Morgan fingerprint density at radius 2 is 2.06 bits per heavy atom. The second-order valence-electron chi connectivity index (χ2n) is 9.21. The summed E-state index contributed by atoms with van der Waals surface area (Å²) < 4.78 is 5.42. The number of nitrogens with one attached hydrogen (secondary N) is 2. The van der Waals surface area contributed by atoms with Gasteiger partial charge in [-0.25, -0.2) is 15.3 Å². The molecular weight excluding hydrogens is 428 g/mol. The van der Waals surface area contributed by atoms with Gasteiger partial charge in [-0.05, 0) is 55.7 Å². The van der Waals surface area contributed by atoms with E-state index in [2.05, 4.69) is 20.7 Å². The van der Waals surface area contributed by atoms with E-state index in [4.69, 9.17) is 21.2 Å². The van der Waals surface area contributed by atoms with Crippen molar-refractivity contribution in [2.24, 2.45) is 5.92 Å². The Bertz CT molecular complexity index is 779. The highest BCUT2D eigenvalue weighted by molar-refractivity contribution is 6.33. The maximum Gasteiger partial charge on any atom is 0.267 e. The summed E-state index contributed by atoms with van der Waals surface area (Å²) in [6, 6.07) is 2.19. The van der Waals surface area contributed by atoms with Crippen LogP contribution in [0.5, 0.6) is 0 Å². The number of rotatable bonds is 8. The van der Waals surface area contributed by atoms with Crippen molar-refractivity contribution in [1.82, 2.24) is 15.4 Å². The lowest BCUT2D eigenvalue weighted by atomic mass is 9.89. The smallest absolute Gasteiger partial charge is 0.267 e. The first kappa shape index (κ1) is 23.5. The van der Waals surface area contributed by atoms with Gasteiger partial charge in [0.25, 0.3) is 5.91 Å². The van der Waals surface area contributed by atoms with Crippen LogP contribution >= 0.6 is 11.6 Å². The minimum absolute atomic E-state index is 0.346. The number of carbonyl (C=O) groups is 1. The van der Waals surface area contributed by atoms with Gasteiger partial charge in [-0.3, -0.25) is 4.79 Å². The third-order valence-electron chi connectivity index (χ3n) is 6.57. The number of nitrogens with zero attached hydrogens (tertiary/aromatic N) is 2. The zero-order valence-electron chi connectivity index (χ0n) is 18.7. The van der Waals surface area contributed by atoms with Gasteiger partial charge in [-0.1, -0.05) is 30.9 Å². The second kappa shape index (κ2) is 12.0. The van der Waals surface area contributed by atoms with Crippen molar-refractivity contribution in [2.75, 3.05) is 31.6 Å². The monoisotopic (exact) mass is 462 g/mol. The van der Waals surface area contributed by atoms with Crippen molar-refractivity contribution < 1.29 is 14.4 Å². The molecule has 176 valence electrons. The Kier molecular flexibility index (Phi) is 8.79. The third-order valence-corrected chi connectivity index (χ3v) is 6.86. The molecule has 1 aromatic heterocycles. The number of ether oxygens (including phenoxy) is 1. The molecule has 2 saturated heterocycles. The molecule has 4 rings (SSSR count). The van der Waals surface area contributed by atoms with Crippen molar-refractivity contribution in [1.29, 1.82) is 0 Å². The Balaban J connectivity index is 1.21. The van der Waals surface area contributed by atoms with E-state index in [1.54, 1.807) is 12.3 Å². The lowest BCUT2D eigenvalue weighted by Gasteiger charge is -2.26. The summed E-state index contributed by atoms with van der Waals surface area (Å²) >= 11 is 6.46. The van der Waals surface area contributed by atoms with E-state index in [0.29, 0.717) is 23.5 Å². The Labute approximate surface area is 195 Å². The average molecular weight is 463 g/mol. The molecule has 1 aromatic rings. The van der Waals surface area contributed by atoms with Crippen LogP contribution in [-0.4, -0.2) is 54.4 Å². The summed E-state index contributed by atoms with van der Waals surface area (Å²) in [5.41, 5.74) is 3.17. The number of hydrogen-bond acceptors (Lipinski definition) is 6. The van der Waals surface area contributed by atoms with Crippen molar-refractivity contribution in [3.05, 3.63) is 28.9 Å². The predicted octanol–water partition coefficient (Wildman–Crippen LogP) is 4.39.